The zero-order valence-corrected chi connectivity index (χ0v) is 12.5. The van der Waals surface area contributed by atoms with Crippen molar-refractivity contribution >= 4 is 5.97 Å². The molecule has 0 aromatic heterocycles. The summed E-state index contributed by atoms with van der Waals surface area (Å²) in [4.78, 5) is 11.4. The molecule has 0 bridgehead atoms. The normalized spacial score (nSPS) is 10.8. The summed E-state index contributed by atoms with van der Waals surface area (Å²) >= 11 is 0. The van der Waals surface area contributed by atoms with Crippen molar-refractivity contribution in [1.29, 1.82) is 0 Å². The lowest BCUT2D eigenvalue weighted by atomic mass is 10.1. The minimum absolute atomic E-state index is 0.0415. The van der Waals surface area contributed by atoms with Crippen LogP contribution in [0.25, 0.3) is 0 Å². The zero-order valence-electron chi connectivity index (χ0n) is 12.5. The van der Waals surface area contributed by atoms with Gasteiger partial charge in [-0.25, -0.2) is 0 Å². The number of unbranched alkanes of at least 4 members (excludes halogenated alkanes) is 6. The maximum Gasteiger partial charge on any atom is 0.305 e. The second-order valence-corrected chi connectivity index (χ2v) is 4.86. The minimum Gasteiger partial charge on any atom is -0.466 e. The highest BCUT2D eigenvalue weighted by atomic mass is 16.5. The van der Waals surface area contributed by atoms with Gasteiger partial charge in [0.2, 0.25) is 0 Å². The number of carbonyl (C=O) groups excluding carboxylic acids is 1. The van der Waals surface area contributed by atoms with Crippen molar-refractivity contribution in [3.8, 4) is 0 Å². The number of hydrogen-bond acceptors (Lipinski definition) is 2. The molecule has 0 aliphatic carbocycles. The smallest absolute Gasteiger partial charge is 0.305 e. The average Bonchev–Trinajstić information content (AvgIpc) is 2.41. The third-order valence-electron chi connectivity index (χ3n) is 2.94. The maximum atomic E-state index is 11.4. The highest BCUT2D eigenvalue weighted by molar-refractivity contribution is 5.69. The Bertz CT molecular complexity index is 244. The topological polar surface area (TPSA) is 26.3 Å². The van der Waals surface area contributed by atoms with E-state index in [1.165, 1.54) is 19.3 Å². The van der Waals surface area contributed by atoms with Crippen LogP contribution in [-0.4, -0.2) is 12.6 Å². The second-order valence-electron chi connectivity index (χ2n) is 4.86. The summed E-state index contributed by atoms with van der Waals surface area (Å²) < 4.78 is 5.16. The van der Waals surface area contributed by atoms with Gasteiger partial charge in [-0.1, -0.05) is 38.0 Å². The summed E-state index contributed by atoms with van der Waals surface area (Å²) in [6.07, 6.45) is 16.7. The second kappa shape index (κ2) is 15.0. The van der Waals surface area contributed by atoms with E-state index in [9.17, 15) is 4.79 Å². The van der Waals surface area contributed by atoms with Crippen LogP contribution in [0.1, 0.15) is 71.1 Å². The van der Waals surface area contributed by atoms with Crippen LogP contribution in [0.5, 0.6) is 0 Å². The quantitative estimate of drug-likeness (QED) is 0.260. The summed E-state index contributed by atoms with van der Waals surface area (Å²) in [5.41, 5.74) is 0. The van der Waals surface area contributed by atoms with Crippen LogP contribution in [0, 0.1) is 0 Å². The molecule has 0 unspecified atom stereocenters. The fourth-order valence-electron chi connectivity index (χ4n) is 1.76. The van der Waals surface area contributed by atoms with Crippen molar-refractivity contribution in [3.05, 3.63) is 24.8 Å². The van der Waals surface area contributed by atoms with Crippen LogP contribution in [0.3, 0.4) is 0 Å². The molecule has 0 amide bonds. The van der Waals surface area contributed by atoms with Gasteiger partial charge in [0.1, 0.15) is 0 Å². The van der Waals surface area contributed by atoms with E-state index in [2.05, 4.69) is 25.7 Å². The van der Waals surface area contributed by atoms with E-state index in [4.69, 9.17) is 4.74 Å². The molecule has 0 spiro atoms. The van der Waals surface area contributed by atoms with Crippen LogP contribution < -0.4 is 0 Å². The Kier molecular flexibility index (Phi) is 14.2. The molecule has 0 heterocycles. The lowest BCUT2D eigenvalue weighted by Gasteiger charge is -2.03. The van der Waals surface area contributed by atoms with E-state index in [-0.39, 0.29) is 5.97 Å². The average molecular weight is 266 g/mol. The van der Waals surface area contributed by atoms with Crippen LogP contribution in [0.2, 0.25) is 0 Å². The van der Waals surface area contributed by atoms with E-state index < -0.39 is 0 Å². The molecule has 0 rings (SSSR count). The zero-order chi connectivity index (χ0) is 14.2. The standard InChI is InChI=1S/C17H30O2/c1-3-5-7-9-10-11-12-13-15-17(18)19-16-14-8-6-4-2/h4,7,9H,2-3,5-6,8,10-16H2,1H3/b9-7+. The molecular weight excluding hydrogens is 236 g/mol. The Balaban J connectivity index is 3.22. The molecular formula is C17H30O2. The lowest BCUT2D eigenvalue weighted by molar-refractivity contribution is -0.143. The molecule has 0 N–H and O–H groups in total. The summed E-state index contributed by atoms with van der Waals surface area (Å²) in [5, 5.41) is 0. The number of ether oxygens (including phenoxy) is 1. The number of allylic oxidation sites excluding steroid dienone is 3. The van der Waals surface area contributed by atoms with Gasteiger partial charge in [-0.3, -0.25) is 4.79 Å². The molecule has 19 heavy (non-hydrogen) atoms. The maximum absolute atomic E-state index is 11.4. The van der Waals surface area contributed by atoms with Gasteiger partial charge in [0.15, 0.2) is 0 Å². The minimum atomic E-state index is -0.0415. The molecule has 2 nitrogen and oxygen atoms in total. The number of hydrogen-bond donors (Lipinski definition) is 0. The molecule has 0 fully saturated rings. The van der Waals surface area contributed by atoms with E-state index in [1.54, 1.807) is 0 Å². The SMILES string of the molecule is C=CCCCCOC(=O)CCCCC/C=C/CCC. The summed E-state index contributed by atoms with van der Waals surface area (Å²) in [6, 6.07) is 0. The highest BCUT2D eigenvalue weighted by Gasteiger charge is 2.01. The predicted molar refractivity (Wildman–Crippen MR) is 82.1 cm³/mol. The van der Waals surface area contributed by atoms with Gasteiger partial charge in [0, 0.05) is 6.42 Å². The first kappa shape index (κ1) is 17.9. The fourth-order valence-corrected chi connectivity index (χ4v) is 1.76. The number of carbonyl (C=O) groups is 1. The van der Waals surface area contributed by atoms with Crippen LogP contribution in [0.15, 0.2) is 24.8 Å². The highest BCUT2D eigenvalue weighted by Crippen LogP contribution is 2.06. The third kappa shape index (κ3) is 14.9. The van der Waals surface area contributed by atoms with E-state index >= 15 is 0 Å². The van der Waals surface area contributed by atoms with Crippen molar-refractivity contribution < 1.29 is 9.53 Å². The molecule has 2 heteroatoms. The van der Waals surface area contributed by atoms with E-state index in [0.29, 0.717) is 13.0 Å². The van der Waals surface area contributed by atoms with Gasteiger partial charge in [0.25, 0.3) is 0 Å². The Morgan fingerprint density at radius 2 is 1.74 bits per heavy atom. The number of rotatable bonds is 13. The van der Waals surface area contributed by atoms with Gasteiger partial charge in [-0.15, -0.1) is 6.58 Å². The Morgan fingerprint density at radius 3 is 2.47 bits per heavy atom. The van der Waals surface area contributed by atoms with E-state index in [1.807, 2.05) is 6.08 Å². The summed E-state index contributed by atoms with van der Waals surface area (Å²) in [6.45, 7) is 6.41. The molecule has 0 saturated heterocycles. The van der Waals surface area contributed by atoms with Gasteiger partial charge in [-0.2, -0.15) is 0 Å². The monoisotopic (exact) mass is 266 g/mol. The van der Waals surface area contributed by atoms with Crippen molar-refractivity contribution in [3.63, 3.8) is 0 Å². The number of esters is 1. The molecule has 0 saturated carbocycles. The van der Waals surface area contributed by atoms with Gasteiger partial charge in [0.05, 0.1) is 6.61 Å². The fraction of sp³-hybridized carbons (Fsp3) is 0.706. The third-order valence-corrected chi connectivity index (χ3v) is 2.94. The van der Waals surface area contributed by atoms with Gasteiger partial charge >= 0.3 is 5.97 Å². The van der Waals surface area contributed by atoms with Gasteiger partial charge in [-0.05, 0) is 44.9 Å². The molecule has 0 aromatic carbocycles. The first-order valence-electron chi connectivity index (χ1n) is 7.72. The van der Waals surface area contributed by atoms with Crippen molar-refractivity contribution in [1.82, 2.24) is 0 Å². The van der Waals surface area contributed by atoms with Gasteiger partial charge < -0.3 is 4.74 Å². The van der Waals surface area contributed by atoms with Crippen molar-refractivity contribution in [2.24, 2.45) is 0 Å². The van der Waals surface area contributed by atoms with Crippen molar-refractivity contribution in [2.45, 2.75) is 71.1 Å². The molecule has 0 aromatic rings. The molecule has 0 radical (unpaired) electrons. The molecule has 0 atom stereocenters. The van der Waals surface area contributed by atoms with Crippen LogP contribution in [-0.2, 0) is 9.53 Å². The van der Waals surface area contributed by atoms with Crippen LogP contribution >= 0.6 is 0 Å². The Hall–Kier alpha value is -1.05. The first-order valence-corrected chi connectivity index (χ1v) is 7.72. The lowest BCUT2D eigenvalue weighted by Crippen LogP contribution is -2.05. The first-order chi connectivity index (χ1) is 9.31. The molecule has 0 aliphatic heterocycles. The van der Waals surface area contributed by atoms with Crippen molar-refractivity contribution in [2.75, 3.05) is 6.61 Å². The largest absolute Gasteiger partial charge is 0.466 e. The van der Waals surface area contributed by atoms with E-state index in [0.717, 1.165) is 38.5 Å². The predicted octanol–water partition coefficient (Wildman–Crippen LogP) is 5.19. The Morgan fingerprint density at radius 1 is 1.00 bits per heavy atom. The molecule has 110 valence electrons. The van der Waals surface area contributed by atoms with Crippen LogP contribution in [0.4, 0.5) is 0 Å². The summed E-state index contributed by atoms with van der Waals surface area (Å²) in [5.74, 6) is -0.0415. The molecule has 0 aliphatic rings. The summed E-state index contributed by atoms with van der Waals surface area (Å²) in [7, 11) is 0. The Labute approximate surface area is 118 Å².